The Labute approximate surface area is 134 Å². The zero-order valence-electron chi connectivity index (χ0n) is 11.8. The number of hydrogen-bond donors (Lipinski definition) is 2. The Kier molecular flexibility index (Phi) is 5.02. The molecule has 0 aliphatic rings. The van der Waals surface area contributed by atoms with E-state index in [2.05, 4.69) is 31.3 Å². The first-order valence-corrected chi connectivity index (χ1v) is 7.85. The maximum atomic E-state index is 11.4. The molecular weight excluding hydrogens is 356 g/mol. The van der Waals surface area contributed by atoms with Crippen LogP contribution in [0.15, 0.2) is 42.3 Å². The lowest BCUT2D eigenvalue weighted by Crippen LogP contribution is -2.33. The van der Waals surface area contributed by atoms with E-state index in [0.717, 1.165) is 14.9 Å². The molecule has 2 rings (SSSR count). The lowest BCUT2D eigenvalue weighted by atomic mass is 10.1. The van der Waals surface area contributed by atoms with E-state index >= 15 is 0 Å². The van der Waals surface area contributed by atoms with Crippen LogP contribution in [0.25, 0.3) is 0 Å². The van der Waals surface area contributed by atoms with E-state index < -0.39 is 11.1 Å². The fourth-order valence-corrected chi connectivity index (χ4v) is 3.13. The van der Waals surface area contributed by atoms with Crippen LogP contribution >= 0.6 is 27.7 Å². The highest BCUT2D eigenvalue weighted by atomic mass is 79.9. The molecule has 0 spiro atoms. The highest BCUT2D eigenvalue weighted by Gasteiger charge is 2.13. The third kappa shape index (κ3) is 3.63. The van der Waals surface area contributed by atoms with Gasteiger partial charge in [0.05, 0.1) is 0 Å². The summed E-state index contributed by atoms with van der Waals surface area (Å²) in [6, 6.07) is 6.05. The second-order valence-electron chi connectivity index (χ2n) is 4.49. The zero-order chi connectivity index (χ0) is 15.6. The first-order valence-electron chi connectivity index (χ1n) is 6.24. The second-order valence-corrected chi connectivity index (χ2v) is 6.42. The van der Waals surface area contributed by atoms with Gasteiger partial charge in [0.15, 0.2) is 5.16 Å². The highest BCUT2D eigenvalue weighted by molar-refractivity contribution is 9.10. The van der Waals surface area contributed by atoms with E-state index in [1.807, 2.05) is 32.2 Å². The molecule has 0 amide bonds. The number of halogens is 1. The van der Waals surface area contributed by atoms with Crippen molar-refractivity contribution in [2.24, 2.45) is 7.05 Å². The van der Waals surface area contributed by atoms with Crippen molar-refractivity contribution in [3.8, 4) is 0 Å². The fourth-order valence-electron chi connectivity index (χ4n) is 1.76. The summed E-state index contributed by atoms with van der Waals surface area (Å²) < 4.78 is 2.43. The van der Waals surface area contributed by atoms with Gasteiger partial charge in [0.25, 0.3) is 0 Å². The molecule has 21 heavy (non-hydrogen) atoms. The Morgan fingerprint density at radius 3 is 2.81 bits per heavy atom. The molecule has 0 aliphatic heterocycles. The van der Waals surface area contributed by atoms with E-state index in [1.54, 1.807) is 7.05 Å². The molecule has 0 fully saturated rings. The number of hydrogen-bond acceptors (Lipinski definition) is 5. The first-order chi connectivity index (χ1) is 9.92. The Bertz CT molecular complexity index is 771. The molecule has 0 saturated carbocycles. The molecular formula is C13H15BrN4O2S. The van der Waals surface area contributed by atoms with Crippen molar-refractivity contribution in [1.82, 2.24) is 20.1 Å². The van der Waals surface area contributed by atoms with Crippen LogP contribution < -0.4 is 16.4 Å². The summed E-state index contributed by atoms with van der Waals surface area (Å²) in [6.45, 7) is 2.05. The number of aromatic amines is 1. The molecule has 1 atom stereocenters. The van der Waals surface area contributed by atoms with Crippen molar-refractivity contribution < 1.29 is 0 Å². The molecule has 0 bridgehead atoms. The fraction of sp³-hybridized carbons (Fsp3) is 0.308. The molecule has 1 heterocycles. The van der Waals surface area contributed by atoms with E-state index in [9.17, 15) is 9.59 Å². The molecule has 1 aromatic carbocycles. The highest BCUT2D eigenvalue weighted by Crippen LogP contribution is 2.33. The van der Waals surface area contributed by atoms with Gasteiger partial charge in [-0.1, -0.05) is 15.9 Å². The summed E-state index contributed by atoms with van der Waals surface area (Å²) in [7, 11) is 3.53. The number of rotatable bonds is 4. The normalized spacial score (nSPS) is 12.4. The predicted molar refractivity (Wildman–Crippen MR) is 85.8 cm³/mol. The van der Waals surface area contributed by atoms with Gasteiger partial charge in [-0.05, 0) is 49.5 Å². The number of aromatic nitrogens is 3. The number of aryl methyl sites for hydroxylation is 1. The average Bonchev–Trinajstić information content (AvgIpc) is 2.45. The van der Waals surface area contributed by atoms with Gasteiger partial charge in [-0.3, -0.25) is 19.4 Å². The molecule has 112 valence electrons. The summed E-state index contributed by atoms with van der Waals surface area (Å²) in [6.07, 6.45) is 0. The van der Waals surface area contributed by atoms with Crippen molar-refractivity contribution in [2.75, 3.05) is 7.05 Å². The average molecular weight is 371 g/mol. The largest absolute Gasteiger partial charge is 0.339 e. The lowest BCUT2D eigenvalue weighted by molar-refractivity contribution is 0.595. The summed E-state index contributed by atoms with van der Waals surface area (Å²) in [5.74, 6) is 0. The molecule has 8 heteroatoms. The van der Waals surface area contributed by atoms with Gasteiger partial charge < -0.3 is 5.32 Å². The third-order valence-electron chi connectivity index (χ3n) is 3.02. The van der Waals surface area contributed by atoms with Crippen LogP contribution in [-0.4, -0.2) is 21.8 Å². The number of nitrogens with zero attached hydrogens (tertiary/aromatic N) is 2. The topological polar surface area (TPSA) is 79.8 Å². The van der Waals surface area contributed by atoms with Crippen LogP contribution in [0, 0.1) is 0 Å². The minimum Gasteiger partial charge on any atom is -0.313 e. The minimum atomic E-state index is -0.782. The van der Waals surface area contributed by atoms with Crippen molar-refractivity contribution in [2.45, 2.75) is 23.0 Å². The summed E-state index contributed by atoms with van der Waals surface area (Å²) >= 11 is 4.80. The monoisotopic (exact) mass is 370 g/mol. The smallest absolute Gasteiger partial charge is 0.313 e. The van der Waals surface area contributed by atoms with Crippen LogP contribution in [0.5, 0.6) is 0 Å². The maximum Gasteiger partial charge on any atom is 0.339 e. The molecule has 0 aliphatic carbocycles. The standard InChI is InChI=1S/C13H15BrN4O2S/c1-7(15-2)9-6-8(14)4-5-10(9)21-13-16-11(19)12(20)17-18(13)3/h4-7,15H,1-3H3,(H,17,20). The summed E-state index contributed by atoms with van der Waals surface area (Å²) in [5, 5.41) is 6.07. The van der Waals surface area contributed by atoms with Crippen LogP contribution in [-0.2, 0) is 7.05 Å². The Balaban J connectivity index is 2.47. The Morgan fingerprint density at radius 2 is 2.14 bits per heavy atom. The summed E-state index contributed by atoms with van der Waals surface area (Å²) in [4.78, 5) is 27.4. The Hall–Kier alpha value is -1.38. The summed E-state index contributed by atoms with van der Waals surface area (Å²) in [5.41, 5.74) is -0.422. The number of benzene rings is 1. The van der Waals surface area contributed by atoms with Gasteiger partial charge in [-0.15, -0.1) is 0 Å². The molecule has 1 unspecified atom stereocenters. The first kappa shape index (κ1) is 16.0. The van der Waals surface area contributed by atoms with Crippen LogP contribution in [0.4, 0.5) is 0 Å². The SMILES string of the molecule is CNC(C)c1cc(Br)ccc1Sc1nc(=O)c(=O)[nH]n1C. The van der Waals surface area contributed by atoms with Gasteiger partial charge in [0.1, 0.15) is 0 Å². The predicted octanol–water partition coefficient (Wildman–Crippen LogP) is 1.66. The molecule has 0 saturated heterocycles. The van der Waals surface area contributed by atoms with Crippen LogP contribution in [0.3, 0.4) is 0 Å². The van der Waals surface area contributed by atoms with Crippen molar-refractivity contribution >= 4 is 27.7 Å². The van der Waals surface area contributed by atoms with Gasteiger partial charge in [-0.25, -0.2) is 0 Å². The quantitative estimate of drug-likeness (QED) is 0.800. The molecule has 2 N–H and O–H groups in total. The molecule has 0 radical (unpaired) electrons. The lowest BCUT2D eigenvalue weighted by Gasteiger charge is -2.16. The van der Waals surface area contributed by atoms with Crippen LogP contribution in [0.2, 0.25) is 0 Å². The zero-order valence-corrected chi connectivity index (χ0v) is 14.2. The van der Waals surface area contributed by atoms with E-state index in [0.29, 0.717) is 5.16 Å². The number of nitrogens with one attached hydrogen (secondary N) is 2. The van der Waals surface area contributed by atoms with E-state index in [1.165, 1.54) is 16.4 Å². The van der Waals surface area contributed by atoms with Crippen molar-refractivity contribution in [3.05, 3.63) is 48.9 Å². The molecule has 6 nitrogen and oxygen atoms in total. The number of H-pyrrole nitrogens is 1. The van der Waals surface area contributed by atoms with Gasteiger partial charge in [0, 0.05) is 22.5 Å². The van der Waals surface area contributed by atoms with Gasteiger partial charge >= 0.3 is 11.1 Å². The molecule has 2 aromatic rings. The molecule has 1 aromatic heterocycles. The van der Waals surface area contributed by atoms with Gasteiger partial charge in [-0.2, -0.15) is 4.98 Å². The van der Waals surface area contributed by atoms with Gasteiger partial charge in [0.2, 0.25) is 0 Å². The minimum absolute atomic E-state index is 0.143. The van der Waals surface area contributed by atoms with Crippen LogP contribution in [0.1, 0.15) is 18.5 Å². The van der Waals surface area contributed by atoms with E-state index in [4.69, 9.17) is 0 Å². The Morgan fingerprint density at radius 1 is 1.43 bits per heavy atom. The second kappa shape index (κ2) is 6.59. The van der Waals surface area contributed by atoms with Crippen molar-refractivity contribution in [3.63, 3.8) is 0 Å². The maximum absolute atomic E-state index is 11.4. The van der Waals surface area contributed by atoms with E-state index in [-0.39, 0.29) is 6.04 Å². The third-order valence-corrected chi connectivity index (χ3v) is 4.65. The van der Waals surface area contributed by atoms with Crippen molar-refractivity contribution in [1.29, 1.82) is 0 Å².